The predicted molar refractivity (Wildman–Crippen MR) is 120 cm³/mol. The fraction of sp³-hybridized carbons (Fsp3) is 0.192. The molecule has 1 heterocycles. The van der Waals surface area contributed by atoms with Gasteiger partial charge >= 0.3 is 11.9 Å². The topological polar surface area (TPSA) is 90.9 Å². The van der Waals surface area contributed by atoms with E-state index in [0.29, 0.717) is 29.4 Å². The zero-order valence-corrected chi connectivity index (χ0v) is 18.2. The first-order chi connectivity index (χ1) is 15.9. The first kappa shape index (κ1) is 22.1. The van der Waals surface area contributed by atoms with E-state index in [1.54, 1.807) is 42.5 Å². The van der Waals surface area contributed by atoms with Crippen LogP contribution in [0.1, 0.15) is 47.3 Å². The Morgan fingerprint density at radius 3 is 2.15 bits per heavy atom. The van der Waals surface area contributed by atoms with Crippen LogP contribution < -0.4 is 19.5 Å². The van der Waals surface area contributed by atoms with Gasteiger partial charge in [0.25, 0.3) is 5.91 Å². The summed E-state index contributed by atoms with van der Waals surface area (Å²) in [6.07, 6.45) is 0. The van der Waals surface area contributed by atoms with Crippen LogP contribution in [0.5, 0.6) is 17.2 Å². The maximum absolute atomic E-state index is 13.0. The minimum atomic E-state index is -0.426. The SMILES string of the molecule is CC(=O)Oc1ccc(C2COc3cc(OC(C)=O)ccc3C2NC(=O)c2ccccc2)cc1. The van der Waals surface area contributed by atoms with Crippen molar-refractivity contribution in [3.05, 3.63) is 89.5 Å². The molecule has 7 heteroatoms. The average molecular weight is 445 g/mol. The molecule has 0 saturated carbocycles. The van der Waals surface area contributed by atoms with Crippen molar-refractivity contribution in [2.24, 2.45) is 0 Å². The van der Waals surface area contributed by atoms with Crippen LogP contribution >= 0.6 is 0 Å². The lowest BCUT2D eigenvalue weighted by Gasteiger charge is -2.34. The van der Waals surface area contributed by atoms with E-state index in [-0.39, 0.29) is 11.8 Å². The first-order valence-electron chi connectivity index (χ1n) is 10.5. The molecule has 2 unspecified atom stereocenters. The van der Waals surface area contributed by atoms with E-state index in [0.717, 1.165) is 11.1 Å². The van der Waals surface area contributed by atoms with Gasteiger partial charge in [0.1, 0.15) is 17.2 Å². The second kappa shape index (κ2) is 9.56. The van der Waals surface area contributed by atoms with Crippen LogP contribution in [0.4, 0.5) is 0 Å². The molecule has 1 aliphatic heterocycles. The average Bonchev–Trinajstić information content (AvgIpc) is 2.79. The van der Waals surface area contributed by atoms with E-state index >= 15 is 0 Å². The van der Waals surface area contributed by atoms with Crippen LogP contribution in [0, 0.1) is 0 Å². The number of hydrogen-bond donors (Lipinski definition) is 1. The quantitative estimate of drug-likeness (QED) is 0.468. The number of rotatable bonds is 5. The minimum Gasteiger partial charge on any atom is -0.492 e. The van der Waals surface area contributed by atoms with Crippen molar-refractivity contribution >= 4 is 17.8 Å². The summed E-state index contributed by atoms with van der Waals surface area (Å²) >= 11 is 0. The summed E-state index contributed by atoms with van der Waals surface area (Å²) < 4.78 is 16.3. The number of benzene rings is 3. The lowest BCUT2D eigenvalue weighted by molar-refractivity contribution is -0.132. The van der Waals surface area contributed by atoms with Crippen LogP contribution in [-0.2, 0) is 9.59 Å². The van der Waals surface area contributed by atoms with Gasteiger partial charge in [0.2, 0.25) is 0 Å². The lowest BCUT2D eigenvalue weighted by atomic mass is 9.85. The number of esters is 2. The van der Waals surface area contributed by atoms with Gasteiger partial charge in [-0.2, -0.15) is 0 Å². The van der Waals surface area contributed by atoms with Gasteiger partial charge in [-0.1, -0.05) is 30.3 Å². The van der Waals surface area contributed by atoms with Gasteiger partial charge in [-0.25, -0.2) is 0 Å². The smallest absolute Gasteiger partial charge is 0.308 e. The summed E-state index contributed by atoms with van der Waals surface area (Å²) in [5.74, 6) is 0.132. The number of nitrogens with one attached hydrogen (secondary N) is 1. The highest BCUT2D eigenvalue weighted by Crippen LogP contribution is 2.42. The molecular formula is C26H23NO6. The fourth-order valence-electron chi connectivity index (χ4n) is 3.85. The molecule has 0 aliphatic carbocycles. The second-order valence-electron chi connectivity index (χ2n) is 7.69. The number of ether oxygens (including phenoxy) is 3. The standard InChI is InChI=1S/C26H23NO6/c1-16(28)32-20-10-8-18(9-11-20)23-15-31-24-14-21(33-17(2)29)12-13-22(24)25(23)27-26(30)19-6-4-3-5-7-19/h3-14,23,25H,15H2,1-2H3,(H,27,30). The summed E-state index contributed by atoms with van der Waals surface area (Å²) in [7, 11) is 0. The Morgan fingerprint density at radius 1 is 0.848 bits per heavy atom. The molecule has 33 heavy (non-hydrogen) atoms. The minimum absolute atomic E-state index is 0.198. The summed E-state index contributed by atoms with van der Waals surface area (Å²) in [4.78, 5) is 35.6. The van der Waals surface area contributed by atoms with Crippen LogP contribution in [-0.4, -0.2) is 24.5 Å². The molecule has 168 valence electrons. The monoisotopic (exact) mass is 445 g/mol. The molecule has 0 spiro atoms. The van der Waals surface area contributed by atoms with E-state index in [4.69, 9.17) is 14.2 Å². The molecule has 0 aromatic heterocycles. The summed E-state index contributed by atoms with van der Waals surface area (Å²) in [6.45, 7) is 2.97. The normalized spacial score (nSPS) is 16.7. The molecule has 0 bridgehead atoms. The van der Waals surface area contributed by atoms with E-state index in [1.165, 1.54) is 13.8 Å². The summed E-state index contributed by atoms with van der Waals surface area (Å²) in [5, 5.41) is 3.13. The van der Waals surface area contributed by atoms with E-state index in [1.807, 2.05) is 30.3 Å². The third kappa shape index (κ3) is 5.20. The molecule has 1 N–H and O–H groups in total. The Kier molecular flexibility index (Phi) is 6.40. The summed E-state index contributed by atoms with van der Waals surface area (Å²) in [5.41, 5.74) is 2.24. The Balaban J connectivity index is 1.67. The Labute approximate surface area is 191 Å². The van der Waals surface area contributed by atoms with Gasteiger partial charge in [-0.15, -0.1) is 0 Å². The second-order valence-corrected chi connectivity index (χ2v) is 7.69. The van der Waals surface area contributed by atoms with Crippen molar-refractivity contribution in [1.82, 2.24) is 5.32 Å². The van der Waals surface area contributed by atoms with E-state index < -0.39 is 18.0 Å². The maximum Gasteiger partial charge on any atom is 0.308 e. The summed E-state index contributed by atoms with van der Waals surface area (Å²) in [6, 6.07) is 20.8. The third-order valence-corrected chi connectivity index (χ3v) is 5.29. The van der Waals surface area contributed by atoms with Crippen LogP contribution in [0.2, 0.25) is 0 Å². The third-order valence-electron chi connectivity index (χ3n) is 5.29. The zero-order valence-electron chi connectivity index (χ0n) is 18.2. The van der Waals surface area contributed by atoms with Crippen molar-refractivity contribution in [2.45, 2.75) is 25.8 Å². The van der Waals surface area contributed by atoms with Crippen LogP contribution in [0.3, 0.4) is 0 Å². The predicted octanol–water partition coefficient (Wildman–Crippen LogP) is 4.18. The van der Waals surface area contributed by atoms with Crippen LogP contribution in [0.15, 0.2) is 72.8 Å². The molecule has 3 aromatic carbocycles. The Morgan fingerprint density at radius 2 is 1.48 bits per heavy atom. The molecule has 3 aromatic rings. The molecule has 0 radical (unpaired) electrons. The fourth-order valence-corrected chi connectivity index (χ4v) is 3.85. The lowest BCUT2D eigenvalue weighted by Crippen LogP contribution is -2.37. The molecule has 1 amide bonds. The first-order valence-corrected chi connectivity index (χ1v) is 10.5. The highest BCUT2D eigenvalue weighted by Gasteiger charge is 2.34. The van der Waals surface area contributed by atoms with Gasteiger partial charge in [0.05, 0.1) is 12.6 Å². The van der Waals surface area contributed by atoms with E-state index in [2.05, 4.69) is 5.32 Å². The number of carbonyl (C=O) groups excluding carboxylic acids is 3. The highest BCUT2D eigenvalue weighted by atomic mass is 16.5. The van der Waals surface area contributed by atoms with Gasteiger partial charge in [0.15, 0.2) is 0 Å². The van der Waals surface area contributed by atoms with E-state index in [9.17, 15) is 14.4 Å². The van der Waals surface area contributed by atoms with Crippen molar-refractivity contribution in [3.8, 4) is 17.2 Å². The molecule has 7 nitrogen and oxygen atoms in total. The maximum atomic E-state index is 13.0. The molecular weight excluding hydrogens is 422 g/mol. The number of fused-ring (bicyclic) bond motifs is 1. The molecule has 0 fully saturated rings. The largest absolute Gasteiger partial charge is 0.492 e. The van der Waals surface area contributed by atoms with Crippen molar-refractivity contribution < 1.29 is 28.6 Å². The molecule has 4 rings (SSSR count). The van der Waals surface area contributed by atoms with Gasteiger partial charge < -0.3 is 19.5 Å². The van der Waals surface area contributed by atoms with Crippen molar-refractivity contribution in [3.63, 3.8) is 0 Å². The Hall–Kier alpha value is -4.13. The zero-order chi connectivity index (χ0) is 23.4. The highest BCUT2D eigenvalue weighted by molar-refractivity contribution is 5.94. The van der Waals surface area contributed by atoms with Gasteiger partial charge in [-0.05, 0) is 42.0 Å². The number of hydrogen-bond acceptors (Lipinski definition) is 6. The van der Waals surface area contributed by atoms with Crippen molar-refractivity contribution in [2.75, 3.05) is 6.61 Å². The molecule has 1 aliphatic rings. The van der Waals surface area contributed by atoms with Gasteiger partial charge in [-0.3, -0.25) is 14.4 Å². The Bertz CT molecular complexity index is 1170. The number of carbonyl (C=O) groups is 3. The molecule has 0 saturated heterocycles. The van der Waals surface area contributed by atoms with Gasteiger partial charge in [0, 0.05) is 37.0 Å². The number of amides is 1. The van der Waals surface area contributed by atoms with Crippen LogP contribution in [0.25, 0.3) is 0 Å². The molecule has 2 atom stereocenters. The van der Waals surface area contributed by atoms with Crippen molar-refractivity contribution in [1.29, 1.82) is 0 Å².